The van der Waals surface area contributed by atoms with E-state index in [-0.39, 0.29) is 0 Å². The number of carbonyl (C=O) groups is 2. The van der Waals surface area contributed by atoms with E-state index in [0.717, 1.165) is 0 Å². The predicted octanol–water partition coefficient (Wildman–Crippen LogP) is 0.903. The lowest BCUT2D eigenvalue weighted by molar-refractivity contribution is -0.139. The van der Waals surface area contributed by atoms with Crippen molar-refractivity contribution in [1.29, 1.82) is 5.53 Å². The second kappa shape index (κ2) is 5.95. The van der Waals surface area contributed by atoms with E-state index in [0.29, 0.717) is 0 Å². The van der Waals surface area contributed by atoms with Gasteiger partial charge in [-0.2, -0.15) is 0 Å². The molecule has 1 amide bonds. The van der Waals surface area contributed by atoms with Crippen molar-refractivity contribution in [3.8, 4) is 0 Å². The zero-order valence-corrected chi connectivity index (χ0v) is 10.2. The Hall–Kier alpha value is -1.95. The number of aliphatic carboxylic acids is 1. The van der Waals surface area contributed by atoms with Crippen molar-refractivity contribution in [2.45, 2.75) is 45.4 Å². The van der Waals surface area contributed by atoms with Gasteiger partial charge in [0, 0.05) is 0 Å². The molecule has 0 aliphatic carbocycles. The summed E-state index contributed by atoms with van der Waals surface area (Å²) in [5.41, 5.74) is 5.80. The molecule has 0 saturated carbocycles. The van der Waals surface area contributed by atoms with E-state index in [1.165, 1.54) is 6.92 Å². The van der Waals surface area contributed by atoms with Crippen molar-refractivity contribution >= 4 is 12.1 Å². The highest BCUT2D eigenvalue weighted by Gasteiger charge is 2.31. The summed E-state index contributed by atoms with van der Waals surface area (Å²) < 4.78 is 4.91. The van der Waals surface area contributed by atoms with Crippen LogP contribution in [0.4, 0.5) is 4.79 Å². The fourth-order valence-corrected chi connectivity index (χ4v) is 0.981. The minimum Gasteiger partial charge on any atom is -0.480 e. The van der Waals surface area contributed by atoms with Gasteiger partial charge in [-0.1, -0.05) is 0 Å². The van der Waals surface area contributed by atoms with Crippen LogP contribution in [0.5, 0.6) is 0 Å². The fraction of sp³-hybridized carbons (Fsp3) is 0.778. The van der Waals surface area contributed by atoms with E-state index in [1.807, 2.05) is 0 Å². The van der Waals surface area contributed by atoms with Gasteiger partial charge in [-0.15, -0.1) is 0 Å². The molecule has 0 aliphatic rings. The number of rotatable bonds is 4. The van der Waals surface area contributed by atoms with Crippen LogP contribution in [-0.2, 0) is 9.53 Å². The molecule has 0 fully saturated rings. The number of amides is 1. The molecule has 96 valence electrons. The number of carbonyl (C=O) groups excluding carboxylic acids is 1. The zero-order chi connectivity index (χ0) is 13.6. The summed E-state index contributed by atoms with van der Waals surface area (Å²) in [6.07, 6.45) is -0.850. The maximum Gasteiger partial charge on any atom is 0.408 e. The van der Waals surface area contributed by atoms with Crippen LogP contribution in [0, 0.1) is 5.53 Å². The molecular formula is C9H17N4O4+. The van der Waals surface area contributed by atoms with E-state index >= 15 is 0 Å². The van der Waals surface area contributed by atoms with Crippen LogP contribution in [0.3, 0.4) is 0 Å². The standard InChI is InChI=1S/C9H16N4O4/c1-5(12-13-10)6(7(14)15)11-8(16)17-9(2,3)4/h5-6,10H,1-4H3,(H-,11,14,15,16)/p+1. The first-order valence-electron chi connectivity index (χ1n) is 4.96. The molecule has 17 heavy (non-hydrogen) atoms. The Kier molecular flexibility index (Phi) is 5.27. The number of nitrogens with zero attached hydrogens (tertiary/aromatic N) is 2. The smallest absolute Gasteiger partial charge is 0.408 e. The number of carboxylic acid groups (broad SMARTS) is 1. The Morgan fingerprint density at radius 2 is 2.00 bits per heavy atom. The second-order valence-electron chi connectivity index (χ2n) is 4.42. The quantitative estimate of drug-likeness (QED) is 0.502. The predicted molar refractivity (Wildman–Crippen MR) is 57.5 cm³/mol. The van der Waals surface area contributed by atoms with Crippen LogP contribution in [0.2, 0.25) is 0 Å². The molecule has 0 radical (unpaired) electrons. The number of alkyl carbamates (subject to hydrolysis) is 1. The Bertz CT molecular complexity index is 343. The lowest BCUT2D eigenvalue weighted by atomic mass is 10.1. The largest absolute Gasteiger partial charge is 0.480 e. The number of ether oxygens (including phenoxy) is 1. The average molecular weight is 245 g/mol. The maximum absolute atomic E-state index is 11.4. The summed E-state index contributed by atoms with van der Waals surface area (Å²) in [5.74, 6) is -1.27. The van der Waals surface area contributed by atoms with Crippen molar-refractivity contribution < 1.29 is 19.4 Å². The summed E-state index contributed by atoms with van der Waals surface area (Å²) in [4.78, 5) is 25.0. The van der Waals surface area contributed by atoms with Crippen molar-refractivity contribution in [1.82, 2.24) is 10.2 Å². The third kappa shape index (κ3) is 6.26. The molecule has 2 unspecified atom stereocenters. The van der Waals surface area contributed by atoms with Crippen LogP contribution in [0.25, 0.3) is 0 Å². The molecule has 0 aromatic rings. The van der Waals surface area contributed by atoms with Gasteiger partial charge in [0.05, 0.1) is 0 Å². The van der Waals surface area contributed by atoms with Crippen LogP contribution in [-0.4, -0.2) is 34.9 Å². The second-order valence-corrected chi connectivity index (χ2v) is 4.42. The monoisotopic (exact) mass is 245 g/mol. The van der Waals surface area contributed by atoms with Gasteiger partial charge in [0.1, 0.15) is 16.2 Å². The van der Waals surface area contributed by atoms with Crippen molar-refractivity contribution in [2.75, 3.05) is 0 Å². The van der Waals surface area contributed by atoms with Crippen molar-refractivity contribution in [3.05, 3.63) is 0 Å². The van der Waals surface area contributed by atoms with Crippen LogP contribution >= 0.6 is 0 Å². The number of nitrogens with one attached hydrogen (secondary N) is 2. The molecule has 0 spiro atoms. The van der Waals surface area contributed by atoms with E-state index in [9.17, 15) is 9.59 Å². The molecule has 0 heterocycles. The van der Waals surface area contributed by atoms with E-state index < -0.39 is 29.7 Å². The molecule has 0 aromatic carbocycles. The number of carboxylic acids is 1. The molecular weight excluding hydrogens is 228 g/mol. The molecule has 0 saturated heterocycles. The third-order valence-corrected chi connectivity index (χ3v) is 1.66. The Balaban J connectivity index is 4.62. The van der Waals surface area contributed by atoms with Gasteiger partial charge in [-0.05, 0) is 27.7 Å². The fourth-order valence-electron chi connectivity index (χ4n) is 0.981. The minimum atomic E-state index is -1.28. The molecule has 8 nitrogen and oxygen atoms in total. The van der Waals surface area contributed by atoms with E-state index in [4.69, 9.17) is 15.4 Å². The van der Waals surface area contributed by atoms with Gasteiger partial charge in [-0.25, -0.2) is 9.59 Å². The summed E-state index contributed by atoms with van der Waals surface area (Å²) in [5, 5.41) is 14.4. The highest BCUT2D eigenvalue weighted by Crippen LogP contribution is 2.07. The first-order valence-corrected chi connectivity index (χ1v) is 4.96. The average Bonchev–Trinajstić information content (AvgIpc) is 2.11. The number of hydrogen-bond donors (Lipinski definition) is 3. The molecule has 8 heteroatoms. The zero-order valence-electron chi connectivity index (χ0n) is 10.2. The molecule has 0 bridgehead atoms. The normalized spacial score (nSPS) is 14.1. The minimum absolute atomic E-state index is 0.715. The first kappa shape index (κ1) is 15.0. The van der Waals surface area contributed by atoms with Gasteiger partial charge in [-0.3, -0.25) is 0 Å². The maximum atomic E-state index is 11.4. The summed E-state index contributed by atoms with van der Waals surface area (Å²) in [7, 11) is 0. The van der Waals surface area contributed by atoms with Gasteiger partial charge >= 0.3 is 12.1 Å². The Labute approximate surface area is 98.6 Å². The van der Waals surface area contributed by atoms with Crippen LogP contribution < -0.4 is 10.2 Å². The summed E-state index contributed by atoms with van der Waals surface area (Å²) in [6, 6.07) is -2.13. The molecule has 0 rings (SSSR count). The first-order chi connectivity index (χ1) is 7.67. The van der Waals surface area contributed by atoms with Crippen molar-refractivity contribution in [3.63, 3.8) is 0 Å². The highest BCUT2D eigenvalue weighted by atomic mass is 16.6. The molecule has 0 aliphatic heterocycles. The van der Waals surface area contributed by atoms with E-state index in [2.05, 4.69) is 15.3 Å². The van der Waals surface area contributed by atoms with Crippen LogP contribution in [0.15, 0.2) is 5.11 Å². The lowest BCUT2D eigenvalue weighted by Gasteiger charge is -2.22. The third-order valence-electron chi connectivity index (χ3n) is 1.66. The Morgan fingerprint density at radius 1 is 1.47 bits per heavy atom. The SMILES string of the molecule is CC(N=[N+]=N)C(NC(=O)OC(C)(C)C)C(=O)O. The van der Waals surface area contributed by atoms with Gasteiger partial charge < -0.3 is 15.2 Å². The summed E-state index contributed by atoms with van der Waals surface area (Å²) in [6.45, 7) is 6.41. The van der Waals surface area contributed by atoms with Crippen LogP contribution in [0.1, 0.15) is 27.7 Å². The topological polar surface area (TPSA) is 126 Å². The van der Waals surface area contributed by atoms with Gasteiger partial charge in [0.15, 0.2) is 12.1 Å². The number of hydrogen-bond acceptors (Lipinski definition) is 5. The van der Waals surface area contributed by atoms with Gasteiger partial charge in [0.2, 0.25) is 4.91 Å². The molecule has 3 N–H and O–H groups in total. The lowest BCUT2D eigenvalue weighted by Crippen LogP contribution is -2.48. The molecule has 0 aromatic heterocycles. The Morgan fingerprint density at radius 3 is 2.35 bits per heavy atom. The summed E-state index contributed by atoms with van der Waals surface area (Å²) >= 11 is 0. The van der Waals surface area contributed by atoms with Crippen molar-refractivity contribution in [2.24, 2.45) is 5.11 Å². The highest BCUT2D eigenvalue weighted by molar-refractivity contribution is 5.80. The van der Waals surface area contributed by atoms with Gasteiger partial charge in [0.25, 0.3) is 0 Å². The molecule has 2 atom stereocenters. The van der Waals surface area contributed by atoms with E-state index in [1.54, 1.807) is 20.8 Å².